The third kappa shape index (κ3) is 5.45. The fourth-order valence-corrected chi connectivity index (χ4v) is 3.55. The molecule has 8 nitrogen and oxygen atoms in total. The molecule has 0 aromatic carbocycles. The van der Waals surface area contributed by atoms with Crippen LogP contribution in [-0.2, 0) is 16.1 Å². The first kappa shape index (κ1) is 19.7. The number of carbonyl (C=O) groups is 1. The van der Waals surface area contributed by atoms with Crippen molar-refractivity contribution in [2.75, 3.05) is 45.9 Å². The largest absolute Gasteiger partial charge is 0.368 e. The van der Waals surface area contributed by atoms with E-state index in [1.54, 1.807) is 0 Å². The van der Waals surface area contributed by atoms with Gasteiger partial charge in [-0.3, -0.25) is 14.5 Å². The van der Waals surface area contributed by atoms with Crippen molar-refractivity contribution in [3.05, 3.63) is 18.0 Å². The van der Waals surface area contributed by atoms with Crippen LogP contribution in [-0.4, -0.2) is 83.4 Å². The average molecular weight is 377 g/mol. The Labute approximate surface area is 161 Å². The molecule has 27 heavy (non-hydrogen) atoms. The fourth-order valence-electron chi connectivity index (χ4n) is 3.55. The smallest absolute Gasteiger partial charge is 0.251 e. The highest BCUT2D eigenvalue weighted by molar-refractivity contribution is 5.82. The fraction of sp³-hybridized carbons (Fsp3) is 0.737. The summed E-state index contributed by atoms with van der Waals surface area (Å²) in [5, 5.41) is 7.69. The normalized spacial score (nSPS) is 21.0. The highest BCUT2D eigenvalue weighted by Crippen LogP contribution is 2.16. The minimum absolute atomic E-state index is 0.156. The molecule has 0 radical (unpaired) electrons. The van der Waals surface area contributed by atoms with Gasteiger partial charge in [0, 0.05) is 58.6 Å². The number of amides is 1. The third-order valence-electron chi connectivity index (χ3n) is 5.00. The number of guanidine groups is 1. The molecule has 3 heterocycles. The van der Waals surface area contributed by atoms with Gasteiger partial charge in [-0.15, -0.1) is 0 Å². The van der Waals surface area contributed by atoms with Crippen LogP contribution in [0.15, 0.2) is 17.4 Å². The van der Waals surface area contributed by atoms with E-state index in [0.717, 1.165) is 71.0 Å². The number of aryl methyl sites for hydroxylation is 2. The molecule has 1 N–H and O–H groups in total. The zero-order valence-electron chi connectivity index (χ0n) is 16.6. The van der Waals surface area contributed by atoms with E-state index in [1.807, 2.05) is 22.7 Å². The van der Waals surface area contributed by atoms with Gasteiger partial charge in [-0.1, -0.05) is 0 Å². The number of rotatable bonds is 6. The van der Waals surface area contributed by atoms with Crippen molar-refractivity contribution in [3.8, 4) is 0 Å². The van der Waals surface area contributed by atoms with Crippen molar-refractivity contribution < 1.29 is 9.53 Å². The highest BCUT2D eigenvalue weighted by Gasteiger charge is 2.30. The third-order valence-corrected chi connectivity index (χ3v) is 5.00. The van der Waals surface area contributed by atoms with Gasteiger partial charge in [-0.05, 0) is 38.7 Å². The number of nitrogens with one attached hydrogen (secondary N) is 1. The molecular formula is C19H32N6O2. The number of hydrogen-bond donors (Lipinski definition) is 1. The lowest BCUT2D eigenvalue weighted by Crippen LogP contribution is -2.55. The first-order valence-corrected chi connectivity index (χ1v) is 10.1. The van der Waals surface area contributed by atoms with E-state index in [2.05, 4.69) is 28.4 Å². The summed E-state index contributed by atoms with van der Waals surface area (Å²) in [6.45, 7) is 10.4. The Morgan fingerprint density at radius 1 is 1.33 bits per heavy atom. The summed E-state index contributed by atoms with van der Waals surface area (Å²) >= 11 is 0. The van der Waals surface area contributed by atoms with E-state index < -0.39 is 0 Å². The molecule has 3 rings (SSSR count). The van der Waals surface area contributed by atoms with Crippen molar-refractivity contribution in [2.45, 2.75) is 45.8 Å². The van der Waals surface area contributed by atoms with Gasteiger partial charge in [0.25, 0.3) is 5.91 Å². The average Bonchev–Trinajstić information content (AvgIpc) is 3.36. The van der Waals surface area contributed by atoms with E-state index >= 15 is 0 Å². The molecule has 2 fully saturated rings. The summed E-state index contributed by atoms with van der Waals surface area (Å²) in [5.74, 6) is 1.10. The van der Waals surface area contributed by atoms with Crippen LogP contribution in [0.3, 0.4) is 0 Å². The van der Waals surface area contributed by atoms with Gasteiger partial charge < -0.3 is 19.9 Å². The van der Waals surface area contributed by atoms with Gasteiger partial charge in [0.05, 0.1) is 6.20 Å². The standard InChI is InChI=1S/C19H32N6O2/c1-3-20-19(21-7-5-8-25-15-16(2)14-22-25)24-11-9-23(10-12-24)18(26)17-6-4-13-27-17/h14-15,17H,3-13H2,1-2H3,(H,20,21). The summed E-state index contributed by atoms with van der Waals surface area (Å²) in [4.78, 5) is 21.4. The lowest BCUT2D eigenvalue weighted by atomic mass is 10.2. The topological polar surface area (TPSA) is 75.0 Å². The first-order valence-electron chi connectivity index (χ1n) is 10.1. The van der Waals surface area contributed by atoms with E-state index in [0.29, 0.717) is 6.61 Å². The monoisotopic (exact) mass is 376 g/mol. The predicted octanol–water partition coefficient (Wildman–Crippen LogP) is 0.870. The predicted molar refractivity (Wildman–Crippen MR) is 105 cm³/mol. The van der Waals surface area contributed by atoms with Crippen LogP contribution in [0.1, 0.15) is 31.7 Å². The molecule has 1 aromatic rings. The van der Waals surface area contributed by atoms with Crippen molar-refractivity contribution in [3.63, 3.8) is 0 Å². The lowest BCUT2D eigenvalue weighted by Gasteiger charge is -2.37. The van der Waals surface area contributed by atoms with Crippen LogP contribution in [0, 0.1) is 6.92 Å². The van der Waals surface area contributed by atoms with E-state index in [4.69, 9.17) is 9.73 Å². The highest BCUT2D eigenvalue weighted by atomic mass is 16.5. The second-order valence-electron chi connectivity index (χ2n) is 7.18. The summed E-state index contributed by atoms with van der Waals surface area (Å²) < 4.78 is 7.50. The Kier molecular flexibility index (Phi) is 7.09. The molecule has 2 aliphatic heterocycles. The van der Waals surface area contributed by atoms with Gasteiger partial charge in [0.1, 0.15) is 6.10 Å². The van der Waals surface area contributed by atoms with E-state index in [1.165, 1.54) is 5.56 Å². The second kappa shape index (κ2) is 9.73. The number of carbonyl (C=O) groups excluding carboxylic acids is 1. The Hall–Kier alpha value is -2.09. The number of ether oxygens (including phenoxy) is 1. The van der Waals surface area contributed by atoms with Crippen molar-refractivity contribution in [1.29, 1.82) is 0 Å². The van der Waals surface area contributed by atoms with Crippen LogP contribution >= 0.6 is 0 Å². The minimum Gasteiger partial charge on any atom is -0.368 e. The molecule has 1 unspecified atom stereocenters. The molecule has 8 heteroatoms. The summed E-state index contributed by atoms with van der Waals surface area (Å²) in [5.41, 5.74) is 1.18. The van der Waals surface area contributed by atoms with Crippen LogP contribution < -0.4 is 5.32 Å². The van der Waals surface area contributed by atoms with Crippen molar-refractivity contribution in [1.82, 2.24) is 24.9 Å². The van der Waals surface area contributed by atoms with Crippen molar-refractivity contribution in [2.24, 2.45) is 4.99 Å². The summed E-state index contributed by atoms with van der Waals surface area (Å²) in [6.07, 6.45) is 6.52. The van der Waals surface area contributed by atoms with Crippen LogP contribution in [0.5, 0.6) is 0 Å². The van der Waals surface area contributed by atoms with Crippen molar-refractivity contribution >= 4 is 11.9 Å². The number of aromatic nitrogens is 2. The first-order chi connectivity index (χ1) is 13.2. The number of aliphatic imine (C=N–C) groups is 1. The molecule has 1 aromatic heterocycles. The Morgan fingerprint density at radius 2 is 2.11 bits per heavy atom. The quantitative estimate of drug-likeness (QED) is 0.453. The molecule has 2 aliphatic rings. The maximum atomic E-state index is 12.5. The molecule has 150 valence electrons. The number of piperazine rings is 1. The summed E-state index contributed by atoms with van der Waals surface area (Å²) in [7, 11) is 0. The Morgan fingerprint density at radius 3 is 2.74 bits per heavy atom. The Bertz CT molecular complexity index is 630. The van der Waals surface area contributed by atoms with Gasteiger partial charge in [0.15, 0.2) is 5.96 Å². The Balaban J connectivity index is 1.46. The van der Waals surface area contributed by atoms with Gasteiger partial charge in [-0.2, -0.15) is 5.10 Å². The van der Waals surface area contributed by atoms with E-state index in [9.17, 15) is 4.79 Å². The van der Waals surface area contributed by atoms with Gasteiger partial charge in [-0.25, -0.2) is 0 Å². The second-order valence-corrected chi connectivity index (χ2v) is 7.18. The van der Waals surface area contributed by atoms with Crippen LogP contribution in [0.25, 0.3) is 0 Å². The molecule has 0 spiro atoms. The van der Waals surface area contributed by atoms with Crippen LogP contribution in [0.4, 0.5) is 0 Å². The van der Waals surface area contributed by atoms with E-state index in [-0.39, 0.29) is 12.0 Å². The zero-order valence-corrected chi connectivity index (χ0v) is 16.6. The van der Waals surface area contributed by atoms with Gasteiger partial charge >= 0.3 is 0 Å². The lowest BCUT2D eigenvalue weighted by molar-refractivity contribution is -0.142. The molecule has 0 bridgehead atoms. The number of nitrogens with zero attached hydrogens (tertiary/aromatic N) is 5. The molecule has 1 amide bonds. The molecule has 1 atom stereocenters. The van der Waals surface area contributed by atoms with Gasteiger partial charge in [0.2, 0.25) is 0 Å². The maximum absolute atomic E-state index is 12.5. The van der Waals surface area contributed by atoms with Crippen LogP contribution in [0.2, 0.25) is 0 Å². The number of hydrogen-bond acceptors (Lipinski definition) is 4. The maximum Gasteiger partial charge on any atom is 0.251 e. The molecule has 2 saturated heterocycles. The SMILES string of the molecule is CCNC(=NCCCn1cc(C)cn1)N1CCN(C(=O)C2CCCO2)CC1. The minimum atomic E-state index is -0.218. The molecular weight excluding hydrogens is 344 g/mol. The molecule has 0 aliphatic carbocycles. The summed E-state index contributed by atoms with van der Waals surface area (Å²) in [6, 6.07) is 0. The molecule has 0 saturated carbocycles. The zero-order chi connectivity index (χ0) is 19.1.